The first-order valence-electron chi connectivity index (χ1n) is 9.38. The predicted molar refractivity (Wildman–Crippen MR) is 114 cm³/mol. The molecule has 0 atom stereocenters. The van der Waals surface area contributed by atoms with E-state index < -0.39 is 0 Å². The minimum absolute atomic E-state index is 0.0666. The monoisotopic (exact) mass is 384 g/mol. The van der Waals surface area contributed by atoms with Crippen LogP contribution < -0.4 is 0 Å². The molecule has 0 aliphatic heterocycles. The van der Waals surface area contributed by atoms with Crippen molar-refractivity contribution < 1.29 is 14.6 Å². The van der Waals surface area contributed by atoms with E-state index in [2.05, 4.69) is 4.98 Å². The van der Waals surface area contributed by atoms with Gasteiger partial charge in [0.05, 0.1) is 29.1 Å². The molecule has 2 N–H and O–H groups in total. The fourth-order valence-electron chi connectivity index (χ4n) is 3.24. The van der Waals surface area contributed by atoms with Crippen molar-refractivity contribution in [1.29, 1.82) is 0 Å². The lowest BCUT2D eigenvalue weighted by Gasteiger charge is -2.08. The topological polar surface area (TPSA) is 74.7 Å². The Morgan fingerprint density at radius 3 is 2.34 bits per heavy atom. The molecular weight excluding hydrogens is 364 g/mol. The summed E-state index contributed by atoms with van der Waals surface area (Å²) < 4.78 is 5.03. The van der Waals surface area contributed by atoms with Gasteiger partial charge in [-0.2, -0.15) is 0 Å². The van der Waals surface area contributed by atoms with Crippen molar-refractivity contribution >= 4 is 28.3 Å². The van der Waals surface area contributed by atoms with Crippen molar-refractivity contribution in [2.24, 2.45) is 4.99 Å². The number of nitrogens with zero attached hydrogens (tertiary/aromatic N) is 1. The number of carbonyl (C=O) groups excluding carboxylic acids is 1. The van der Waals surface area contributed by atoms with Crippen molar-refractivity contribution in [1.82, 2.24) is 4.98 Å². The maximum Gasteiger partial charge on any atom is 0.338 e. The molecule has 0 spiro atoms. The van der Waals surface area contributed by atoms with Gasteiger partial charge >= 0.3 is 5.97 Å². The Hall–Kier alpha value is -3.86. The number of ether oxygens (including phenoxy) is 1. The van der Waals surface area contributed by atoms with Gasteiger partial charge in [-0.05, 0) is 37.3 Å². The molecule has 0 amide bonds. The maximum absolute atomic E-state index is 11.9. The lowest BCUT2D eigenvalue weighted by molar-refractivity contribution is 0.0526. The first kappa shape index (κ1) is 18.5. The lowest BCUT2D eigenvalue weighted by atomic mass is 10.0. The Morgan fingerprint density at radius 2 is 1.62 bits per heavy atom. The number of nitrogens with one attached hydrogen (secondary N) is 1. The van der Waals surface area contributed by atoms with Gasteiger partial charge in [-0.3, -0.25) is 0 Å². The average molecular weight is 384 g/mol. The highest BCUT2D eigenvalue weighted by molar-refractivity contribution is 6.21. The van der Waals surface area contributed by atoms with Gasteiger partial charge in [-0.15, -0.1) is 0 Å². The number of esters is 1. The van der Waals surface area contributed by atoms with Gasteiger partial charge in [0.1, 0.15) is 0 Å². The summed E-state index contributed by atoms with van der Waals surface area (Å²) >= 11 is 0. The number of benzene rings is 3. The van der Waals surface area contributed by atoms with Crippen molar-refractivity contribution in [3.8, 4) is 5.88 Å². The van der Waals surface area contributed by atoms with Crippen LogP contribution in [0.1, 0.15) is 28.4 Å². The summed E-state index contributed by atoms with van der Waals surface area (Å²) in [6.45, 7) is 2.10. The summed E-state index contributed by atoms with van der Waals surface area (Å²) in [6.07, 6.45) is 0. The van der Waals surface area contributed by atoms with Crippen LogP contribution in [0.3, 0.4) is 0 Å². The zero-order valence-electron chi connectivity index (χ0n) is 15.9. The fourth-order valence-corrected chi connectivity index (χ4v) is 3.24. The molecule has 0 aliphatic carbocycles. The highest BCUT2D eigenvalue weighted by Crippen LogP contribution is 2.31. The molecule has 5 nitrogen and oxygen atoms in total. The number of hydrogen-bond acceptors (Lipinski definition) is 4. The van der Waals surface area contributed by atoms with Gasteiger partial charge in [-0.1, -0.05) is 48.5 Å². The second-order valence-electron chi connectivity index (χ2n) is 6.49. The Labute approximate surface area is 168 Å². The van der Waals surface area contributed by atoms with Gasteiger partial charge in [0.2, 0.25) is 0 Å². The largest absolute Gasteiger partial charge is 0.494 e. The molecule has 0 aliphatic rings. The number of hydrogen-bond donors (Lipinski definition) is 2. The third-order valence-electron chi connectivity index (χ3n) is 4.59. The molecule has 3 aromatic carbocycles. The number of rotatable bonds is 5. The SMILES string of the molecule is CCOC(=O)c1ccc(N=C(c2ccccc2)c2c(O)[nH]c3ccccc23)cc1. The van der Waals surface area contributed by atoms with Crippen LogP contribution in [0.25, 0.3) is 10.9 Å². The van der Waals surface area contributed by atoms with E-state index in [0.29, 0.717) is 29.1 Å². The van der Waals surface area contributed by atoms with Crippen LogP contribution in [0, 0.1) is 0 Å². The molecule has 144 valence electrons. The van der Waals surface area contributed by atoms with Crippen LogP contribution in [0.5, 0.6) is 5.88 Å². The fraction of sp³-hybridized carbons (Fsp3) is 0.0833. The molecular formula is C24H20N2O3. The van der Waals surface area contributed by atoms with E-state index in [0.717, 1.165) is 16.5 Å². The summed E-state index contributed by atoms with van der Waals surface area (Å²) in [5, 5.41) is 11.5. The van der Waals surface area contributed by atoms with Gasteiger partial charge in [0, 0.05) is 16.5 Å². The molecule has 1 heterocycles. The quantitative estimate of drug-likeness (QED) is 0.366. The third-order valence-corrected chi connectivity index (χ3v) is 4.59. The van der Waals surface area contributed by atoms with Crippen LogP contribution >= 0.6 is 0 Å². The molecule has 5 heteroatoms. The number of aromatic amines is 1. The molecule has 1 aromatic heterocycles. The number of carbonyl (C=O) groups is 1. The maximum atomic E-state index is 11.9. The highest BCUT2D eigenvalue weighted by atomic mass is 16.5. The molecule has 0 saturated heterocycles. The normalized spacial score (nSPS) is 11.6. The Kier molecular flexibility index (Phi) is 5.12. The van der Waals surface area contributed by atoms with E-state index in [1.54, 1.807) is 31.2 Å². The number of aromatic nitrogens is 1. The first-order chi connectivity index (χ1) is 14.2. The standard InChI is InChI=1S/C24H20N2O3/c1-2-29-24(28)17-12-14-18(15-13-17)25-22(16-8-4-3-5-9-16)21-19-10-6-7-11-20(19)26-23(21)27/h3-15,26-27H,2H2,1H3. The number of H-pyrrole nitrogens is 1. The van der Waals surface area contributed by atoms with Crippen molar-refractivity contribution in [2.75, 3.05) is 6.61 Å². The van der Waals surface area contributed by atoms with Crippen molar-refractivity contribution in [2.45, 2.75) is 6.92 Å². The van der Waals surface area contributed by atoms with Crippen LogP contribution in [0.2, 0.25) is 0 Å². The van der Waals surface area contributed by atoms with Gasteiger partial charge < -0.3 is 14.8 Å². The van der Waals surface area contributed by atoms with E-state index in [1.165, 1.54) is 0 Å². The molecule has 4 rings (SSSR count). The summed E-state index contributed by atoms with van der Waals surface area (Å²) in [7, 11) is 0. The number of aliphatic imine (C=N–C) groups is 1. The number of para-hydroxylation sites is 1. The van der Waals surface area contributed by atoms with Gasteiger partial charge in [0.15, 0.2) is 5.88 Å². The van der Waals surface area contributed by atoms with E-state index in [4.69, 9.17) is 9.73 Å². The molecule has 0 saturated carbocycles. The van der Waals surface area contributed by atoms with E-state index >= 15 is 0 Å². The Balaban J connectivity index is 1.84. The number of aromatic hydroxyl groups is 1. The van der Waals surface area contributed by atoms with Gasteiger partial charge in [0.25, 0.3) is 0 Å². The minimum atomic E-state index is -0.361. The van der Waals surface area contributed by atoms with Gasteiger partial charge in [-0.25, -0.2) is 9.79 Å². The first-order valence-corrected chi connectivity index (χ1v) is 9.38. The van der Waals surface area contributed by atoms with E-state index in [9.17, 15) is 9.90 Å². The molecule has 4 aromatic rings. The summed E-state index contributed by atoms with van der Waals surface area (Å²) in [4.78, 5) is 19.7. The zero-order chi connectivity index (χ0) is 20.2. The Bertz CT molecular complexity index is 1180. The molecule has 29 heavy (non-hydrogen) atoms. The number of fused-ring (bicyclic) bond motifs is 1. The second-order valence-corrected chi connectivity index (χ2v) is 6.49. The molecule has 0 radical (unpaired) electrons. The van der Waals surface area contributed by atoms with Crippen LogP contribution in [0.4, 0.5) is 5.69 Å². The second kappa shape index (κ2) is 8.02. The third kappa shape index (κ3) is 3.75. The summed E-state index contributed by atoms with van der Waals surface area (Å²) in [6, 6.07) is 24.3. The minimum Gasteiger partial charge on any atom is -0.494 e. The summed E-state index contributed by atoms with van der Waals surface area (Å²) in [5.74, 6) is -0.294. The smallest absolute Gasteiger partial charge is 0.338 e. The lowest BCUT2D eigenvalue weighted by Crippen LogP contribution is -2.04. The van der Waals surface area contributed by atoms with E-state index in [-0.39, 0.29) is 11.8 Å². The van der Waals surface area contributed by atoms with Crippen molar-refractivity contribution in [3.05, 3.63) is 95.6 Å². The van der Waals surface area contributed by atoms with Crippen LogP contribution in [-0.2, 0) is 4.74 Å². The average Bonchev–Trinajstić information content (AvgIpc) is 3.09. The molecule has 0 unspecified atom stereocenters. The van der Waals surface area contributed by atoms with Crippen molar-refractivity contribution in [3.63, 3.8) is 0 Å². The predicted octanol–water partition coefficient (Wildman–Crippen LogP) is 5.22. The van der Waals surface area contributed by atoms with E-state index in [1.807, 2.05) is 54.6 Å². The highest BCUT2D eigenvalue weighted by Gasteiger charge is 2.18. The van der Waals surface area contributed by atoms with Crippen LogP contribution in [0.15, 0.2) is 83.9 Å². The van der Waals surface area contributed by atoms with Crippen LogP contribution in [-0.4, -0.2) is 28.4 Å². The molecule has 0 fully saturated rings. The summed E-state index contributed by atoms with van der Waals surface area (Å²) in [5.41, 5.74) is 4.14. The Morgan fingerprint density at radius 1 is 0.931 bits per heavy atom. The zero-order valence-corrected chi connectivity index (χ0v) is 15.9. The molecule has 0 bridgehead atoms.